The predicted molar refractivity (Wildman–Crippen MR) is 84.8 cm³/mol. The van der Waals surface area contributed by atoms with Crippen LogP contribution in [0.15, 0.2) is 6.07 Å². The Morgan fingerprint density at radius 3 is 2.67 bits per heavy atom. The Morgan fingerprint density at radius 2 is 2.05 bits per heavy atom. The molecule has 1 saturated heterocycles. The van der Waals surface area contributed by atoms with E-state index in [-0.39, 0.29) is 5.54 Å². The van der Waals surface area contributed by atoms with E-state index >= 15 is 0 Å². The van der Waals surface area contributed by atoms with Gasteiger partial charge in [-0.25, -0.2) is 4.98 Å². The summed E-state index contributed by atoms with van der Waals surface area (Å²) in [5.41, 5.74) is 1.13. The fourth-order valence-electron chi connectivity index (χ4n) is 2.56. The second-order valence-corrected chi connectivity index (χ2v) is 7.17. The molecule has 1 aliphatic heterocycles. The van der Waals surface area contributed by atoms with Crippen LogP contribution in [-0.2, 0) is 4.74 Å². The second kappa shape index (κ2) is 5.79. The van der Waals surface area contributed by atoms with Crippen LogP contribution in [0.2, 0.25) is 0 Å². The largest absolute Gasteiger partial charge is 0.376 e. The molecule has 0 radical (unpaired) electrons. The molecule has 0 unspecified atom stereocenters. The summed E-state index contributed by atoms with van der Waals surface area (Å²) < 4.78 is 5.65. The molecule has 0 spiro atoms. The summed E-state index contributed by atoms with van der Waals surface area (Å²) in [6.45, 7) is 8.09. The minimum atomic E-state index is -0.0337. The lowest BCUT2D eigenvalue weighted by atomic mass is 10.1. The van der Waals surface area contributed by atoms with Gasteiger partial charge in [-0.15, -0.1) is 0 Å². The van der Waals surface area contributed by atoms with Crippen LogP contribution in [-0.4, -0.2) is 34.8 Å². The van der Waals surface area contributed by atoms with E-state index in [1.54, 1.807) is 0 Å². The lowest BCUT2D eigenvalue weighted by molar-refractivity contribution is 0.120. The molecule has 0 aromatic carbocycles. The highest BCUT2D eigenvalue weighted by Gasteiger charge is 2.27. The first-order valence-electron chi connectivity index (χ1n) is 8.02. The van der Waals surface area contributed by atoms with Crippen LogP contribution in [0, 0.1) is 0 Å². The van der Waals surface area contributed by atoms with Gasteiger partial charge in [0.25, 0.3) is 0 Å². The number of ether oxygens (including phenoxy) is 1. The Morgan fingerprint density at radius 1 is 1.24 bits per heavy atom. The zero-order chi connectivity index (χ0) is 14.9. The molecule has 116 valence electrons. The number of nitrogens with one attached hydrogen (secondary N) is 2. The predicted octanol–water partition coefficient (Wildman–Crippen LogP) is 3.16. The lowest BCUT2D eigenvalue weighted by Gasteiger charge is -2.21. The molecule has 2 heterocycles. The van der Waals surface area contributed by atoms with Crippen molar-refractivity contribution in [3.05, 3.63) is 11.8 Å². The topological polar surface area (TPSA) is 59.1 Å². The number of aromatic nitrogens is 2. The second-order valence-electron chi connectivity index (χ2n) is 7.17. The number of hydrogen-bond donors (Lipinski definition) is 2. The molecule has 1 aliphatic carbocycles. The third-order valence-electron chi connectivity index (χ3n) is 3.76. The van der Waals surface area contributed by atoms with Gasteiger partial charge in [-0.2, -0.15) is 4.98 Å². The molecule has 5 nitrogen and oxygen atoms in total. The molecular weight excluding hydrogens is 264 g/mol. The Hall–Kier alpha value is -1.36. The molecular formula is C16H26N4O. The summed E-state index contributed by atoms with van der Waals surface area (Å²) in [4.78, 5) is 9.27. The molecule has 1 atom stereocenters. The van der Waals surface area contributed by atoms with Gasteiger partial charge in [0, 0.05) is 30.7 Å². The van der Waals surface area contributed by atoms with Crippen molar-refractivity contribution in [2.24, 2.45) is 0 Å². The van der Waals surface area contributed by atoms with Crippen molar-refractivity contribution in [2.75, 3.05) is 23.8 Å². The Kier molecular flexibility index (Phi) is 4.02. The minimum absolute atomic E-state index is 0.0337. The highest BCUT2D eigenvalue weighted by Crippen LogP contribution is 2.40. The Labute approximate surface area is 126 Å². The molecule has 2 fully saturated rings. The smallest absolute Gasteiger partial charge is 0.225 e. The maximum Gasteiger partial charge on any atom is 0.225 e. The van der Waals surface area contributed by atoms with Crippen LogP contribution < -0.4 is 10.6 Å². The van der Waals surface area contributed by atoms with Crippen molar-refractivity contribution in [3.8, 4) is 0 Å². The number of rotatable bonds is 5. The molecule has 2 N–H and O–H groups in total. The van der Waals surface area contributed by atoms with Gasteiger partial charge in [-0.3, -0.25) is 0 Å². The summed E-state index contributed by atoms with van der Waals surface area (Å²) in [5.74, 6) is 2.26. The summed E-state index contributed by atoms with van der Waals surface area (Å²) in [6.07, 6.45) is 5.12. The van der Waals surface area contributed by atoms with Gasteiger partial charge in [0.1, 0.15) is 5.82 Å². The molecule has 21 heavy (non-hydrogen) atoms. The quantitative estimate of drug-likeness (QED) is 0.872. The van der Waals surface area contributed by atoms with Crippen molar-refractivity contribution in [1.29, 1.82) is 0 Å². The molecule has 2 aliphatic rings. The van der Waals surface area contributed by atoms with E-state index in [9.17, 15) is 0 Å². The van der Waals surface area contributed by atoms with Crippen LogP contribution >= 0.6 is 0 Å². The molecule has 0 amide bonds. The van der Waals surface area contributed by atoms with E-state index in [1.807, 2.05) is 0 Å². The monoisotopic (exact) mass is 290 g/mol. The van der Waals surface area contributed by atoms with Gasteiger partial charge in [-0.1, -0.05) is 0 Å². The molecule has 0 bridgehead atoms. The van der Waals surface area contributed by atoms with Gasteiger partial charge in [0.2, 0.25) is 5.95 Å². The zero-order valence-corrected chi connectivity index (χ0v) is 13.3. The van der Waals surface area contributed by atoms with Gasteiger partial charge in [0.05, 0.1) is 11.8 Å². The van der Waals surface area contributed by atoms with Gasteiger partial charge < -0.3 is 15.4 Å². The molecule has 1 aromatic rings. The fraction of sp³-hybridized carbons (Fsp3) is 0.750. The maximum atomic E-state index is 5.65. The van der Waals surface area contributed by atoms with Crippen molar-refractivity contribution < 1.29 is 4.74 Å². The third-order valence-corrected chi connectivity index (χ3v) is 3.76. The molecule has 5 heteroatoms. The lowest BCUT2D eigenvalue weighted by Crippen LogP contribution is -2.28. The number of nitrogens with zero attached hydrogens (tertiary/aromatic N) is 2. The molecule has 3 rings (SSSR count). The van der Waals surface area contributed by atoms with Gasteiger partial charge >= 0.3 is 0 Å². The summed E-state index contributed by atoms with van der Waals surface area (Å²) in [6, 6.07) is 2.10. The van der Waals surface area contributed by atoms with Gasteiger partial charge in [0.15, 0.2) is 0 Å². The third kappa shape index (κ3) is 4.30. The van der Waals surface area contributed by atoms with Crippen LogP contribution in [0.1, 0.15) is 58.1 Å². The van der Waals surface area contributed by atoms with Crippen LogP contribution in [0.5, 0.6) is 0 Å². The van der Waals surface area contributed by atoms with Crippen molar-refractivity contribution in [3.63, 3.8) is 0 Å². The Bertz CT molecular complexity index is 488. The molecule has 1 saturated carbocycles. The van der Waals surface area contributed by atoms with Crippen molar-refractivity contribution >= 4 is 11.8 Å². The van der Waals surface area contributed by atoms with Crippen LogP contribution in [0.4, 0.5) is 11.8 Å². The average molecular weight is 290 g/mol. The van der Waals surface area contributed by atoms with E-state index in [2.05, 4.69) is 47.4 Å². The van der Waals surface area contributed by atoms with Crippen molar-refractivity contribution in [2.45, 2.75) is 64.0 Å². The van der Waals surface area contributed by atoms with E-state index < -0.39 is 0 Å². The highest BCUT2D eigenvalue weighted by atomic mass is 16.5. The minimum Gasteiger partial charge on any atom is -0.376 e. The van der Waals surface area contributed by atoms with E-state index in [1.165, 1.54) is 19.3 Å². The van der Waals surface area contributed by atoms with Crippen LogP contribution in [0.3, 0.4) is 0 Å². The maximum absolute atomic E-state index is 5.65. The highest BCUT2D eigenvalue weighted by molar-refractivity contribution is 5.45. The number of hydrogen-bond acceptors (Lipinski definition) is 5. The Balaban J connectivity index is 1.71. The summed E-state index contributed by atoms with van der Waals surface area (Å²) in [5, 5.41) is 6.80. The van der Waals surface area contributed by atoms with Crippen molar-refractivity contribution in [1.82, 2.24) is 9.97 Å². The first-order chi connectivity index (χ1) is 9.99. The first kappa shape index (κ1) is 14.6. The SMILES string of the molecule is CC(C)(C)Nc1nc(NC[C@@H]2CCCO2)cc(C2CC2)n1. The average Bonchev–Trinajstić information content (AvgIpc) is 3.11. The van der Waals surface area contributed by atoms with Gasteiger partial charge in [-0.05, 0) is 46.5 Å². The molecule has 1 aromatic heterocycles. The zero-order valence-electron chi connectivity index (χ0n) is 13.3. The van der Waals surface area contributed by atoms with E-state index in [4.69, 9.17) is 4.74 Å². The summed E-state index contributed by atoms with van der Waals surface area (Å²) >= 11 is 0. The normalized spacial score (nSPS) is 22.3. The van der Waals surface area contributed by atoms with E-state index in [0.29, 0.717) is 12.0 Å². The number of anilines is 2. The van der Waals surface area contributed by atoms with E-state index in [0.717, 1.165) is 37.0 Å². The standard InChI is InChI=1S/C16H26N4O/c1-16(2,3)20-15-18-13(11-6-7-11)9-14(19-15)17-10-12-5-4-8-21-12/h9,11-12H,4-8,10H2,1-3H3,(H2,17,18,19,20)/t12-/m0/s1. The van der Waals surface area contributed by atoms with Crippen LogP contribution in [0.25, 0.3) is 0 Å². The summed E-state index contributed by atoms with van der Waals surface area (Å²) in [7, 11) is 0. The fourth-order valence-corrected chi connectivity index (χ4v) is 2.56. The first-order valence-corrected chi connectivity index (χ1v) is 8.02.